The van der Waals surface area contributed by atoms with E-state index >= 15 is 0 Å². The number of nitrogens with one attached hydrogen (secondary N) is 2. The molecule has 4 nitrogen and oxygen atoms in total. The summed E-state index contributed by atoms with van der Waals surface area (Å²) in [7, 11) is 0. The number of aryl methyl sites for hydroxylation is 1. The minimum Gasteiger partial charge on any atom is -0.377 e. The SMILES string of the molecule is Cc1cc(Br)ccc1NC(=O)CCN[C@H]1CCO[C@H]1C. The molecular formula is C15H21BrN2O2. The molecule has 1 heterocycles. The average molecular weight is 341 g/mol. The van der Waals surface area contributed by atoms with Gasteiger partial charge >= 0.3 is 0 Å². The van der Waals surface area contributed by atoms with Crippen molar-refractivity contribution in [2.24, 2.45) is 0 Å². The number of rotatable bonds is 5. The molecule has 0 aliphatic carbocycles. The van der Waals surface area contributed by atoms with Gasteiger partial charge in [-0.25, -0.2) is 0 Å². The van der Waals surface area contributed by atoms with Crippen LogP contribution in [0.4, 0.5) is 5.69 Å². The average Bonchev–Trinajstić information content (AvgIpc) is 2.79. The molecule has 1 aliphatic rings. The van der Waals surface area contributed by atoms with Crippen LogP contribution in [0.2, 0.25) is 0 Å². The summed E-state index contributed by atoms with van der Waals surface area (Å²) in [5.74, 6) is 0.0366. The fourth-order valence-electron chi connectivity index (χ4n) is 2.35. The molecule has 1 aromatic rings. The maximum absolute atomic E-state index is 11.9. The quantitative estimate of drug-likeness (QED) is 0.866. The second-order valence-electron chi connectivity index (χ2n) is 5.18. The predicted octanol–water partition coefficient (Wildman–Crippen LogP) is 2.85. The van der Waals surface area contributed by atoms with Crippen molar-refractivity contribution in [1.29, 1.82) is 0 Å². The second-order valence-corrected chi connectivity index (χ2v) is 6.10. The molecule has 110 valence electrons. The van der Waals surface area contributed by atoms with Crippen LogP contribution < -0.4 is 10.6 Å². The van der Waals surface area contributed by atoms with E-state index in [-0.39, 0.29) is 12.0 Å². The smallest absolute Gasteiger partial charge is 0.225 e. The maximum Gasteiger partial charge on any atom is 0.225 e. The topological polar surface area (TPSA) is 50.4 Å². The number of hydrogen-bond acceptors (Lipinski definition) is 3. The fourth-order valence-corrected chi connectivity index (χ4v) is 2.83. The molecule has 2 atom stereocenters. The molecule has 1 aliphatic heterocycles. The molecule has 1 saturated heterocycles. The maximum atomic E-state index is 11.9. The summed E-state index contributed by atoms with van der Waals surface area (Å²) in [5, 5.41) is 6.32. The Kier molecular flexibility index (Phi) is 5.57. The molecule has 1 amide bonds. The Morgan fingerprint density at radius 2 is 2.30 bits per heavy atom. The summed E-state index contributed by atoms with van der Waals surface area (Å²) in [6.07, 6.45) is 1.74. The van der Waals surface area contributed by atoms with Crippen molar-refractivity contribution in [3.8, 4) is 0 Å². The van der Waals surface area contributed by atoms with Crippen molar-refractivity contribution in [3.63, 3.8) is 0 Å². The molecule has 1 fully saturated rings. The van der Waals surface area contributed by atoms with Crippen molar-refractivity contribution >= 4 is 27.5 Å². The largest absolute Gasteiger partial charge is 0.377 e. The Morgan fingerprint density at radius 1 is 1.50 bits per heavy atom. The van der Waals surface area contributed by atoms with Gasteiger partial charge in [-0.2, -0.15) is 0 Å². The fraction of sp³-hybridized carbons (Fsp3) is 0.533. The lowest BCUT2D eigenvalue weighted by Crippen LogP contribution is -2.36. The first-order valence-corrected chi connectivity index (χ1v) is 7.76. The Labute approximate surface area is 128 Å². The minimum absolute atomic E-state index is 0.0366. The molecular weight excluding hydrogens is 320 g/mol. The molecule has 20 heavy (non-hydrogen) atoms. The van der Waals surface area contributed by atoms with E-state index in [1.165, 1.54) is 0 Å². The number of carbonyl (C=O) groups excluding carboxylic acids is 1. The Bertz CT molecular complexity index is 479. The number of amides is 1. The Morgan fingerprint density at radius 3 is 2.95 bits per heavy atom. The number of hydrogen-bond donors (Lipinski definition) is 2. The van der Waals surface area contributed by atoms with Crippen LogP contribution in [0.25, 0.3) is 0 Å². The van der Waals surface area contributed by atoms with E-state index in [0.29, 0.717) is 19.0 Å². The van der Waals surface area contributed by atoms with Gasteiger partial charge in [0.05, 0.1) is 6.10 Å². The summed E-state index contributed by atoms with van der Waals surface area (Å²) in [6.45, 7) is 5.54. The van der Waals surface area contributed by atoms with E-state index in [2.05, 4.69) is 33.5 Å². The van der Waals surface area contributed by atoms with Crippen LogP contribution in [0, 0.1) is 6.92 Å². The minimum atomic E-state index is 0.0366. The molecule has 0 spiro atoms. The first-order valence-electron chi connectivity index (χ1n) is 6.97. The number of halogens is 1. The lowest BCUT2D eigenvalue weighted by Gasteiger charge is -2.16. The third-order valence-corrected chi connectivity index (χ3v) is 4.09. The van der Waals surface area contributed by atoms with Gasteiger partial charge in [0, 0.05) is 35.8 Å². The van der Waals surface area contributed by atoms with Crippen LogP contribution in [-0.4, -0.2) is 31.2 Å². The number of benzene rings is 1. The first-order chi connectivity index (χ1) is 9.56. The van der Waals surface area contributed by atoms with Gasteiger partial charge < -0.3 is 15.4 Å². The zero-order valence-corrected chi connectivity index (χ0v) is 13.5. The van der Waals surface area contributed by atoms with E-state index in [4.69, 9.17) is 4.74 Å². The third kappa shape index (κ3) is 4.30. The molecule has 5 heteroatoms. The zero-order valence-electron chi connectivity index (χ0n) is 11.9. The van der Waals surface area contributed by atoms with E-state index in [0.717, 1.165) is 28.8 Å². The van der Waals surface area contributed by atoms with E-state index in [9.17, 15) is 4.79 Å². The van der Waals surface area contributed by atoms with Gasteiger partial charge in [-0.3, -0.25) is 4.79 Å². The molecule has 1 aromatic carbocycles. The monoisotopic (exact) mass is 340 g/mol. The van der Waals surface area contributed by atoms with Gasteiger partial charge in [0.2, 0.25) is 5.91 Å². The highest BCUT2D eigenvalue weighted by Gasteiger charge is 2.23. The highest BCUT2D eigenvalue weighted by atomic mass is 79.9. The molecule has 0 bridgehead atoms. The van der Waals surface area contributed by atoms with Crippen LogP contribution in [0.3, 0.4) is 0 Å². The summed E-state index contributed by atoms with van der Waals surface area (Å²) >= 11 is 3.41. The number of ether oxygens (including phenoxy) is 1. The second kappa shape index (κ2) is 7.20. The van der Waals surface area contributed by atoms with E-state index in [1.54, 1.807) is 0 Å². The van der Waals surface area contributed by atoms with Crippen molar-refractivity contribution in [2.75, 3.05) is 18.5 Å². The van der Waals surface area contributed by atoms with Crippen LogP contribution in [0.5, 0.6) is 0 Å². The highest BCUT2D eigenvalue weighted by molar-refractivity contribution is 9.10. The summed E-state index contributed by atoms with van der Waals surface area (Å²) < 4.78 is 6.50. The Balaban J connectivity index is 1.75. The number of carbonyl (C=O) groups is 1. The van der Waals surface area contributed by atoms with Gasteiger partial charge in [-0.15, -0.1) is 0 Å². The molecule has 2 rings (SSSR count). The lowest BCUT2D eigenvalue weighted by atomic mass is 10.1. The first kappa shape index (κ1) is 15.5. The molecule has 2 N–H and O–H groups in total. The van der Waals surface area contributed by atoms with Gasteiger partial charge in [0.1, 0.15) is 0 Å². The van der Waals surface area contributed by atoms with Crippen LogP contribution in [-0.2, 0) is 9.53 Å². The predicted molar refractivity (Wildman–Crippen MR) is 83.9 cm³/mol. The van der Waals surface area contributed by atoms with Crippen molar-refractivity contribution < 1.29 is 9.53 Å². The van der Waals surface area contributed by atoms with E-state index < -0.39 is 0 Å². The zero-order chi connectivity index (χ0) is 14.5. The van der Waals surface area contributed by atoms with Crippen molar-refractivity contribution in [2.45, 2.75) is 38.8 Å². The van der Waals surface area contributed by atoms with E-state index in [1.807, 2.05) is 25.1 Å². The third-order valence-electron chi connectivity index (χ3n) is 3.60. The Hall–Kier alpha value is -0.910. The van der Waals surface area contributed by atoms with Gasteiger partial charge in [0.15, 0.2) is 0 Å². The molecule has 0 radical (unpaired) electrons. The summed E-state index contributed by atoms with van der Waals surface area (Å²) in [5.41, 5.74) is 1.93. The van der Waals surface area contributed by atoms with Crippen molar-refractivity contribution in [3.05, 3.63) is 28.2 Å². The molecule has 0 aromatic heterocycles. The molecule has 0 unspecified atom stereocenters. The number of anilines is 1. The highest BCUT2D eigenvalue weighted by Crippen LogP contribution is 2.20. The van der Waals surface area contributed by atoms with Gasteiger partial charge in [-0.05, 0) is 44.0 Å². The van der Waals surface area contributed by atoms with Crippen LogP contribution in [0.15, 0.2) is 22.7 Å². The van der Waals surface area contributed by atoms with Crippen LogP contribution >= 0.6 is 15.9 Å². The summed E-state index contributed by atoms with van der Waals surface area (Å²) in [4.78, 5) is 11.9. The lowest BCUT2D eigenvalue weighted by molar-refractivity contribution is -0.116. The normalized spacial score (nSPS) is 21.9. The summed E-state index contributed by atoms with van der Waals surface area (Å²) in [6, 6.07) is 6.21. The van der Waals surface area contributed by atoms with Crippen molar-refractivity contribution in [1.82, 2.24) is 5.32 Å². The molecule has 0 saturated carbocycles. The standard InChI is InChI=1S/C15H21BrN2O2/c1-10-9-12(16)3-4-13(10)18-15(19)5-7-17-14-6-8-20-11(14)2/h3-4,9,11,14,17H,5-8H2,1-2H3,(H,18,19)/t11-,14-/m0/s1. The van der Waals surface area contributed by atoms with Gasteiger partial charge in [-0.1, -0.05) is 15.9 Å². The van der Waals surface area contributed by atoms with Crippen LogP contribution in [0.1, 0.15) is 25.3 Å². The van der Waals surface area contributed by atoms with Gasteiger partial charge in [0.25, 0.3) is 0 Å².